The molecule has 0 aliphatic heterocycles. The van der Waals surface area contributed by atoms with Crippen LogP contribution in [0.5, 0.6) is 5.75 Å². The third-order valence-electron chi connectivity index (χ3n) is 5.95. The molecule has 0 bridgehead atoms. The molecule has 5 heteroatoms. The molecule has 0 N–H and O–H groups in total. The van der Waals surface area contributed by atoms with E-state index in [4.69, 9.17) is 9.72 Å². The van der Waals surface area contributed by atoms with Gasteiger partial charge in [-0.2, -0.15) is 5.10 Å². The molecule has 4 rings (SSSR count). The van der Waals surface area contributed by atoms with Crippen LogP contribution in [0.1, 0.15) is 50.8 Å². The van der Waals surface area contributed by atoms with Crippen molar-refractivity contribution in [2.75, 3.05) is 26.2 Å². The van der Waals surface area contributed by atoms with Crippen LogP contribution >= 0.6 is 0 Å². The van der Waals surface area contributed by atoms with Gasteiger partial charge in [-0.05, 0) is 57.3 Å². The zero-order valence-electron chi connectivity index (χ0n) is 17.7. The summed E-state index contributed by atoms with van der Waals surface area (Å²) < 4.78 is 8.10. The van der Waals surface area contributed by atoms with Crippen LogP contribution in [0.3, 0.4) is 0 Å². The van der Waals surface area contributed by atoms with Crippen LogP contribution in [-0.2, 0) is 12.8 Å². The Labute approximate surface area is 173 Å². The zero-order chi connectivity index (χ0) is 20.1. The molecule has 1 aromatic carbocycles. The van der Waals surface area contributed by atoms with Crippen molar-refractivity contribution in [1.29, 1.82) is 0 Å². The molecule has 0 fully saturated rings. The predicted octanol–water partition coefficient (Wildman–Crippen LogP) is 4.78. The molecule has 29 heavy (non-hydrogen) atoms. The summed E-state index contributed by atoms with van der Waals surface area (Å²) in [5.41, 5.74) is 5.89. The standard InChI is InChI=1S/C24H32N4O/c1-3-27(4-2)16-9-17-29-20-11-8-10-19(18-20)24-21-12-6-5-7-13-22(21)26-23-14-15-25-28(23)24/h8,10-11,14-15,18H,3-7,9,12-13,16-17H2,1-2H3. The summed E-state index contributed by atoms with van der Waals surface area (Å²) in [6.45, 7) is 8.44. The highest BCUT2D eigenvalue weighted by Gasteiger charge is 2.19. The molecular weight excluding hydrogens is 360 g/mol. The lowest BCUT2D eigenvalue weighted by molar-refractivity contribution is 0.249. The Morgan fingerprint density at radius 1 is 1.07 bits per heavy atom. The molecule has 154 valence electrons. The summed E-state index contributed by atoms with van der Waals surface area (Å²) >= 11 is 0. The molecule has 0 amide bonds. The van der Waals surface area contributed by atoms with E-state index in [2.05, 4.69) is 48.1 Å². The van der Waals surface area contributed by atoms with Crippen LogP contribution in [0.2, 0.25) is 0 Å². The van der Waals surface area contributed by atoms with Crippen molar-refractivity contribution >= 4 is 5.65 Å². The maximum atomic E-state index is 6.10. The lowest BCUT2D eigenvalue weighted by Gasteiger charge is -2.18. The van der Waals surface area contributed by atoms with Gasteiger partial charge in [-0.25, -0.2) is 9.50 Å². The molecule has 1 aliphatic rings. The predicted molar refractivity (Wildman–Crippen MR) is 118 cm³/mol. The first-order chi connectivity index (χ1) is 14.3. The van der Waals surface area contributed by atoms with Crippen molar-refractivity contribution in [3.63, 3.8) is 0 Å². The Morgan fingerprint density at radius 3 is 2.79 bits per heavy atom. The summed E-state index contributed by atoms with van der Waals surface area (Å²) in [4.78, 5) is 7.33. The van der Waals surface area contributed by atoms with Crippen molar-refractivity contribution < 1.29 is 4.74 Å². The van der Waals surface area contributed by atoms with Gasteiger partial charge in [-0.1, -0.05) is 32.4 Å². The highest BCUT2D eigenvalue weighted by atomic mass is 16.5. The molecule has 3 aromatic rings. The van der Waals surface area contributed by atoms with Gasteiger partial charge in [-0.15, -0.1) is 0 Å². The number of ether oxygens (including phenoxy) is 1. The van der Waals surface area contributed by atoms with Crippen molar-refractivity contribution in [2.24, 2.45) is 0 Å². The van der Waals surface area contributed by atoms with Crippen molar-refractivity contribution in [3.05, 3.63) is 47.8 Å². The van der Waals surface area contributed by atoms with E-state index in [1.54, 1.807) is 0 Å². The summed E-state index contributed by atoms with van der Waals surface area (Å²) in [6, 6.07) is 10.5. The summed E-state index contributed by atoms with van der Waals surface area (Å²) in [5.74, 6) is 0.932. The van der Waals surface area contributed by atoms with Crippen molar-refractivity contribution in [2.45, 2.75) is 52.4 Å². The minimum absolute atomic E-state index is 0.742. The van der Waals surface area contributed by atoms with E-state index < -0.39 is 0 Å². The van der Waals surface area contributed by atoms with Gasteiger partial charge < -0.3 is 9.64 Å². The fourth-order valence-electron chi connectivity index (χ4n) is 4.31. The molecule has 0 saturated heterocycles. The van der Waals surface area contributed by atoms with E-state index in [0.29, 0.717) is 0 Å². The average Bonchev–Trinajstić information content (AvgIpc) is 3.09. The first-order valence-corrected chi connectivity index (χ1v) is 11.1. The molecule has 0 radical (unpaired) electrons. The van der Waals surface area contributed by atoms with Gasteiger partial charge in [0.15, 0.2) is 5.65 Å². The van der Waals surface area contributed by atoms with Crippen LogP contribution in [0.4, 0.5) is 0 Å². The number of benzene rings is 1. The van der Waals surface area contributed by atoms with E-state index in [1.807, 2.05) is 16.8 Å². The van der Waals surface area contributed by atoms with Crippen LogP contribution in [0, 0.1) is 0 Å². The first kappa shape index (κ1) is 19.9. The minimum atomic E-state index is 0.742. The first-order valence-electron chi connectivity index (χ1n) is 11.1. The number of aryl methyl sites for hydroxylation is 1. The summed E-state index contributed by atoms with van der Waals surface area (Å²) in [5, 5.41) is 4.58. The van der Waals surface area contributed by atoms with Gasteiger partial charge >= 0.3 is 0 Å². The Kier molecular flexibility index (Phi) is 6.45. The number of rotatable bonds is 8. The van der Waals surface area contributed by atoms with Gasteiger partial charge in [-0.3, -0.25) is 0 Å². The van der Waals surface area contributed by atoms with Gasteiger partial charge in [0, 0.05) is 29.4 Å². The van der Waals surface area contributed by atoms with Crippen LogP contribution < -0.4 is 4.74 Å². The van der Waals surface area contributed by atoms with Crippen LogP contribution in [0.15, 0.2) is 36.5 Å². The second-order valence-corrected chi connectivity index (χ2v) is 7.80. The molecule has 2 heterocycles. The van der Waals surface area contributed by atoms with E-state index in [-0.39, 0.29) is 0 Å². The second kappa shape index (κ2) is 9.40. The van der Waals surface area contributed by atoms with E-state index in [0.717, 1.165) is 56.9 Å². The molecule has 5 nitrogen and oxygen atoms in total. The van der Waals surface area contributed by atoms with Crippen molar-refractivity contribution in [1.82, 2.24) is 19.5 Å². The van der Waals surface area contributed by atoms with E-state index in [9.17, 15) is 0 Å². The summed E-state index contributed by atoms with van der Waals surface area (Å²) in [7, 11) is 0. The van der Waals surface area contributed by atoms with E-state index >= 15 is 0 Å². The topological polar surface area (TPSA) is 42.7 Å². The lowest BCUT2D eigenvalue weighted by atomic mass is 10.0. The van der Waals surface area contributed by atoms with Crippen LogP contribution in [-0.4, -0.2) is 45.7 Å². The summed E-state index contributed by atoms with van der Waals surface area (Å²) in [6.07, 6.45) is 8.73. The molecule has 0 atom stereocenters. The number of hydrogen-bond acceptors (Lipinski definition) is 4. The highest BCUT2D eigenvalue weighted by molar-refractivity contribution is 5.69. The zero-order valence-corrected chi connectivity index (χ0v) is 17.7. The molecule has 0 unspecified atom stereocenters. The normalized spacial score (nSPS) is 14.2. The number of hydrogen-bond donors (Lipinski definition) is 0. The Morgan fingerprint density at radius 2 is 1.93 bits per heavy atom. The Balaban J connectivity index is 1.59. The molecule has 0 spiro atoms. The maximum Gasteiger partial charge on any atom is 0.155 e. The maximum absolute atomic E-state index is 6.10. The largest absolute Gasteiger partial charge is 0.494 e. The van der Waals surface area contributed by atoms with E-state index in [1.165, 1.54) is 41.8 Å². The molecule has 1 aliphatic carbocycles. The van der Waals surface area contributed by atoms with Gasteiger partial charge in [0.2, 0.25) is 0 Å². The quantitative estimate of drug-likeness (QED) is 0.409. The minimum Gasteiger partial charge on any atom is -0.494 e. The van der Waals surface area contributed by atoms with Gasteiger partial charge in [0.25, 0.3) is 0 Å². The molecular formula is C24H32N4O. The second-order valence-electron chi connectivity index (χ2n) is 7.80. The highest BCUT2D eigenvalue weighted by Crippen LogP contribution is 2.32. The Bertz CT molecular complexity index is 945. The third-order valence-corrected chi connectivity index (χ3v) is 5.95. The fourth-order valence-corrected chi connectivity index (χ4v) is 4.31. The van der Waals surface area contributed by atoms with Crippen LogP contribution in [0.25, 0.3) is 16.9 Å². The van der Waals surface area contributed by atoms with Gasteiger partial charge in [0.1, 0.15) is 5.75 Å². The average molecular weight is 393 g/mol. The number of nitrogens with zero attached hydrogens (tertiary/aromatic N) is 4. The third kappa shape index (κ3) is 4.45. The number of fused-ring (bicyclic) bond motifs is 2. The van der Waals surface area contributed by atoms with Crippen molar-refractivity contribution in [3.8, 4) is 17.0 Å². The lowest BCUT2D eigenvalue weighted by Crippen LogP contribution is -2.25. The van der Waals surface area contributed by atoms with Gasteiger partial charge in [0.05, 0.1) is 18.5 Å². The monoisotopic (exact) mass is 392 g/mol. The SMILES string of the molecule is CCN(CC)CCCOc1cccc(-c2c3c(nc4ccnn24)CCCCC3)c1. The number of aromatic nitrogens is 3. The Hall–Kier alpha value is -2.40. The fraction of sp³-hybridized carbons (Fsp3) is 0.500. The smallest absolute Gasteiger partial charge is 0.155 e. The molecule has 2 aromatic heterocycles. The molecule has 0 saturated carbocycles.